The molecular weight excluding hydrogens is 398 g/mol. The monoisotopic (exact) mass is 419 g/mol. The largest absolute Gasteiger partial charge is 0.481 e. The lowest BCUT2D eigenvalue weighted by Gasteiger charge is -2.33. The van der Waals surface area contributed by atoms with Gasteiger partial charge >= 0.3 is 5.97 Å². The quantitative estimate of drug-likeness (QED) is 0.688. The molecule has 0 radical (unpaired) electrons. The Morgan fingerprint density at radius 3 is 2.77 bits per heavy atom. The van der Waals surface area contributed by atoms with Crippen molar-refractivity contribution in [2.75, 3.05) is 19.8 Å². The number of rotatable bonds is 5. The van der Waals surface area contributed by atoms with Crippen molar-refractivity contribution < 1.29 is 19.1 Å². The van der Waals surface area contributed by atoms with Gasteiger partial charge in [0.1, 0.15) is 5.75 Å². The van der Waals surface area contributed by atoms with Crippen molar-refractivity contribution in [3.63, 3.8) is 0 Å². The number of ether oxygens (including phenoxy) is 2. The lowest BCUT2D eigenvalue weighted by Crippen LogP contribution is -2.44. The van der Waals surface area contributed by atoms with Gasteiger partial charge in [0.15, 0.2) is 13.2 Å². The summed E-state index contributed by atoms with van der Waals surface area (Å²) >= 11 is 3.51. The number of carbonyl (C=O) groups is 2. The van der Waals surface area contributed by atoms with Crippen LogP contribution in [0.4, 0.5) is 0 Å². The molecule has 0 unspecified atom stereocenters. The fourth-order valence-electron chi connectivity index (χ4n) is 3.20. The Bertz CT molecular complexity index is 807. The number of carbonyl (C=O) groups excluding carboxylic acids is 2. The summed E-state index contributed by atoms with van der Waals surface area (Å²) in [5.74, 6) is -0.128. The van der Waals surface area contributed by atoms with Crippen molar-refractivity contribution in [3.8, 4) is 5.75 Å². The van der Waals surface area contributed by atoms with E-state index in [0.717, 1.165) is 41.1 Å². The van der Waals surface area contributed by atoms with Crippen molar-refractivity contribution in [2.24, 2.45) is 0 Å². The number of nitrogens with zero attached hydrogens (tertiary/aromatic N) is 1. The standard InChI is InChI=1S/C20H22BrNO4/c1-14-6-4-5-11-22(14)18(23)12-26-19(24)13-25-17-10-9-15-7-2-3-8-16(15)20(17)21/h2-3,7-10,14H,4-6,11-13H2,1H3/t14-/m1/s1. The second-order valence-electron chi connectivity index (χ2n) is 6.48. The maximum atomic E-state index is 12.2. The van der Waals surface area contributed by atoms with E-state index in [0.29, 0.717) is 5.75 Å². The summed E-state index contributed by atoms with van der Waals surface area (Å²) in [5.41, 5.74) is 0. The molecule has 0 aliphatic carbocycles. The highest BCUT2D eigenvalue weighted by Crippen LogP contribution is 2.33. The number of halogens is 1. The maximum absolute atomic E-state index is 12.2. The zero-order valence-corrected chi connectivity index (χ0v) is 16.3. The van der Waals surface area contributed by atoms with Crippen LogP contribution in [0.25, 0.3) is 10.8 Å². The maximum Gasteiger partial charge on any atom is 0.344 e. The van der Waals surface area contributed by atoms with Gasteiger partial charge in [0.25, 0.3) is 5.91 Å². The van der Waals surface area contributed by atoms with Gasteiger partial charge in [-0.1, -0.05) is 30.3 Å². The van der Waals surface area contributed by atoms with Crippen molar-refractivity contribution in [2.45, 2.75) is 32.2 Å². The molecule has 1 atom stereocenters. The molecule has 1 saturated heterocycles. The Kier molecular flexibility index (Phi) is 6.14. The Balaban J connectivity index is 1.51. The molecule has 138 valence electrons. The number of hydrogen-bond acceptors (Lipinski definition) is 4. The molecule has 0 saturated carbocycles. The molecule has 0 bridgehead atoms. The minimum Gasteiger partial charge on any atom is -0.481 e. The van der Waals surface area contributed by atoms with Gasteiger partial charge in [-0.15, -0.1) is 0 Å². The van der Waals surface area contributed by atoms with Crippen LogP contribution >= 0.6 is 15.9 Å². The number of amides is 1. The fraction of sp³-hybridized carbons (Fsp3) is 0.400. The van der Waals surface area contributed by atoms with E-state index < -0.39 is 5.97 Å². The van der Waals surface area contributed by atoms with Gasteiger partial charge in [-0.2, -0.15) is 0 Å². The molecule has 1 aliphatic rings. The van der Waals surface area contributed by atoms with Crippen LogP contribution in [-0.4, -0.2) is 42.6 Å². The molecule has 1 heterocycles. The number of fused-ring (bicyclic) bond motifs is 1. The van der Waals surface area contributed by atoms with Crippen LogP contribution in [0.3, 0.4) is 0 Å². The average Bonchev–Trinajstić information content (AvgIpc) is 2.66. The van der Waals surface area contributed by atoms with Crippen LogP contribution in [0.5, 0.6) is 5.75 Å². The van der Waals surface area contributed by atoms with Crippen molar-refractivity contribution in [1.82, 2.24) is 4.90 Å². The molecule has 26 heavy (non-hydrogen) atoms. The molecule has 5 nitrogen and oxygen atoms in total. The molecule has 0 N–H and O–H groups in total. The lowest BCUT2D eigenvalue weighted by atomic mass is 10.0. The molecule has 0 spiro atoms. The topological polar surface area (TPSA) is 55.8 Å². The third-order valence-electron chi connectivity index (χ3n) is 4.65. The van der Waals surface area contributed by atoms with E-state index in [9.17, 15) is 9.59 Å². The summed E-state index contributed by atoms with van der Waals surface area (Å²) < 4.78 is 11.4. The first kappa shape index (κ1) is 18.7. The highest BCUT2D eigenvalue weighted by molar-refractivity contribution is 9.10. The predicted octanol–water partition coefficient (Wildman–Crippen LogP) is 3.93. The lowest BCUT2D eigenvalue weighted by molar-refractivity contribution is -0.154. The minimum absolute atomic E-state index is 0.141. The number of esters is 1. The Morgan fingerprint density at radius 1 is 1.15 bits per heavy atom. The van der Waals surface area contributed by atoms with Crippen LogP contribution in [0.15, 0.2) is 40.9 Å². The second-order valence-corrected chi connectivity index (χ2v) is 7.27. The van der Waals surface area contributed by atoms with Gasteiger partial charge in [-0.3, -0.25) is 4.79 Å². The van der Waals surface area contributed by atoms with Gasteiger partial charge < -0.3 is 14.4 Å². The van der Waals surface area contributed by atoms with Gasteiger partial charge in [0.05, 0.1) is 4.47 Å². The van der Waals surface area contributed by atoms with Gasteiger partial charge in [-0.05, 0) is 59.0 Å². The third-order valence-corrected chi connectivity index (χ3v) is 5.47. The van der Waals surface area contributed by atoms with Crippen molar-refractivity contribution in [3.05, 3.63) is 40.9 Å². The molecule has 1 aliphatic heterocycles. The highest BCUT2D eigenvalue weighted by atomic mass is 79.9. The number of benzene rings is 2. The van der Waals surface area contributed by atoms with Gasteiger partial charge in [-0.25, -0.2) is 4.79 Å². The molecule has 6 heteroatoms. The molecule has 3 rings (SSSR count). The van der Waals surface area contributed by atoms with E-state index in [1.165, 1.54) is 0 Å². The SMILES string of the molecule is C[C@@H]1CCCCN1C(=O)COC(=O)COc1ccc2ccccc2c1Br. The van der Waals surface area contributed by atoms with Crippen LogP contribution in [0.2, 0.25) is 0 Å². The van der Waals surface area contributed by atoms with Gasteiger partial charge in [0.2, 0.25) is 0 Å². The summed E-state index contributed by atoms with van der Waals surface area (Å²) in [5, 5.41) is 2.09. The smallest absolute Gasteiger partial charge is 0.344 e. The fourth-order valence-corrected chi connectivity index (χ4v) is 3.80. The van der Waals surface area contributed by atoms with Crippen LogP contribution in [0.1, 0.15) is 26.2 Å². The molecule has 1 fully saturated rings. The van der Waals surface area contributed by atoms with E-state index >= 15 is 0 Å². The zero-order chi connectivity index (χ0) is 18.5. The summed E-state index contributed by atoms with van der Waals surface area (Å²) in [6, 6.07) is 11.8. The van der Waals surface area contributed by atoms with Crippen LogP contribution in [-0.2, 0) is 14.3 Å². The molecule has 2 aromatic carbocycles. The van der Waals surface area contributed by atoms with E-state index in [-0.39, 0.29) is 25.2 Å². The normalized spacial score (nSPS) is 17.2. The first-order chi connectivity index (χ1) is 12.6. The summed E-state index contributed by atoms with van der Waals surface area (Å²) in [6.45, 7) is 2.29. The van der Waals surface area contributed by atoms with Gasteiger partial charge in [0, 0.05) is 12.6 Å². The van der Waals surface area contributed by atoms with E-state index in [1.54, 1.807) is 11.0 Å². The van der Waals surface area contributed by atoms with E-state index in [4.69, 9.17) is 9.47 Å². The van der Waals surface area contributed by atoms with E-state index in [1.807, 2.05) is 37.3 Å². The number of piperidine rings is 1. The van der Waals surface area contributed by atoms with Crippen LogP contribution in [0, 0.1) is 0 Å². The van der Waals surface area contributed by atoms with Crippen molar-refractivity contribution in [1.29, 1.82) is 0 Å². The minimum atomic E-state index is -0.553. The third kappa shape index (κ3) is 4.36. The Labute approximate surface area is 161 Å². The molecule has 1 amide bonds. The van der Waals surface area contributed by atoms with E-state index in [2.05, 4.69) is 15.9 Å². The summed E-state index contributed by atoms with van der Waals surface area (Å²) in [7, 11) is 0. The number of likely N-dealkylation sites (tertiary alicyclic amines) is 1. The highest BCUT2D eigenvalue weighted by Gasteiger charge is 2.24. The predicted molar refractivity (Wildman–Crippen MR) is 103 cm³/mol. The Morgan fingerprint density at radius 2 is 1.96 bits per heavy atom. The summed E-state index contributed by atoms with van der Waals surface area (Å²) in [4.78, 5) is 25.9. The first-order valence-corrected chi connectivity index (χ1v) is 9.60. The van der Waals surface area contributed by atoms with Crippen LogP contribution < -0.4 is 4.74 Å². The average molecular weight is 420 g/mol. The molecule has 2 aromatic rings. The zero-order valence-electron chi connectivity index (χ0n) is 14.7. The van der Waals surface area contributed by atoms with Crippen molar-refractivity contribution >= 4 is 38.6 Å². The number of hydrogen-bond donors (Lipinski definition) is 0. The Hall–Kier alpha value is -2.08. The first-order valence-electron chi connectivity index (χ1n) is 8.81. The molecule has 0 aromatic heterocycles. The summed E-state index contributed by atoms with van der Waals surface area (Å²) in [6.07, 6.45) is 3.14. The second kappa shape index (κ2) is 8.54. The molecular formula is C20H22BrNO4.